The van der Waals surface area contributed by atoms with Gasteiger partial charge in [-0.3, -0.25) is 0 Å². The van der Waals surface area contributed by atoms with Crippen LogP contribution in [0.5, 0.6) is 5.75 Å². The second-order valence-electron chi connectivity index (χ2n) is 4.03. The van der Waals surface area contributed by atoms with Crippen molar-refractivity contribution in [3.8, 4) is 5.75 Å². The van der Waals surface area contributed by atoms with Gasteiger partial charge in [0.1, 0.15) is 11.6 Å². The first-order valence-corrected chi connectivity index (χ1v) is 5.53. The van der Waals surface area contributed by atoms with E-state index in [0.717, 1.165) is 16.9 Å². The van der Waals surface area contributed by atoms with Crippen LogP contribution in [0.3, 0.4) is 0 Å². The van der Waals surface area contributed by atoms with Crippen molar-refractivity contribution in [2.45, 2.75) is 6.42 Å². The summed E-state index contributed by atoms with van der Waals surface area (Å²) in [4.78, 5) is 0. The number of allylic oxidation sites excluding steroid dienone is 1. The van der Waals surface area contributed by atoms with Crippen LogP contribution in [-0.4, -0.2) is 0 Å². The van der Waals surface area contributed by atoms with Gasteiger partial charge in [-0.25, -0.2) is 4.39 Å². The first-order chi connectivity index (χ1) is 8.34. The minimum atomic E-state index is -0.207. The second-order valence-corrected chi connectivity index (χ2v) is 4.03. The normalized spacial score (nSPS) is 13.6. The van der Waals surface area contributed by atoms with E-state index in [2.05, 4.69) is 0 Å². The third kappa shape index (κ3) is 1.82. The number of ether oxygens (including phenoxy) is 1. The molecular formula is C15H11FO. The monoisotopic (exact) mass is 226 g/mol. The van der Waals surface area contributed by atoms with Gasteiger partial charge >= 0.3 is 0 Å². The second kappa shape index (κ2) is 4.06. The Bertz CT molecular complexity index is 587. The molecule has 0 aromatic heterocycles. The summed E-state index contributed by atoms with van der Waals surface area (Å²) in [6.45, 7) is 0. The Morgan fingerprint density at radius 1 is 0.941 bits per heavy atom. The molecular weight excluding hydrogens is 215 g/mol. The molecule has 2 heteroatoms. The summed E-state index contributed by atoms with van der Waals surface area (Å²) in [6, 6.07) is 14.6. The zero-order valence-electron chi connectivity index (χ0n) is 9.19. The summed E-state index contributed by atoms with van der Waals surface area (Å²) in [5.41, 5.74) is 2.58. The molecule has 17 heavy (non-hydrogen) atoms. The van der Waals surface area contributed by atoms with Gasteiger partial charge < -0.3 is 4.74 Å². The van der Waals surface area contributed by atoms with Crippen LogP contribution in [0, 0.1) is 5.82 Å². The van der Waals surface area contributed by atoms with Crippen molar-refractivity contribution in [3.05, 3.63) is 71.7 Å². The molecule has 2 aromatic carbocycles. The van der Waals surface area contributed by atoms with Crippen molar-refractivity contribution in [1.29, 1.82) is 0 Å². The molecule has 0 atom stereocenters. The summed E-state index contributed by atoms with van der Waals surface area (Å²) < 4.78 is 19.2. The lowest BCUT2D eigenvalue weighted by Crippen LogP contribution is -2.03. The van der Waals surface area contributed by atoms with Crippen LogP contribution in [0.2, 0.25) is 0 Å². The van der Waals surface area contributed by atoms with Crippen molar-refractivity contribution in [2.75, 3.05) is 0 Å². The highest BCUT2D eigenvalue weighted by atomic mass is 19.1. The number of rotatable bonds is 1. The van der Waals surface area contributed by atoms with Crippen LogP contribution in [-0.2, 0) is 6.42 Å². The summed E-state index contributed by atoms with van der Waals surface area (Å²) in [6.07, 6.45) is 2.35. The van der Waals surface area contributed by atoms with E-state index in [0.29, 0.717) is 12.0 Å². The number of halogens is 1. The van der Waals surface area contributed by atoms with Gasteiger partial charge in [-0.2, -0.15) is 0 Å². The van der Waals surface area contributed by atoms with Gasteiger partial charge in [0.25, 0.3) is 0 Å². The van der Waals surface area contributed by atoms with Gasteiger partial charge in [-0.15, -0.1) is 0 Å². The molecule has 0 aliphatic carbocycles. The minimum Gasteiger partial charge on any atom is -0.464 e. The predicted octanol–water partition coefficient (Wildman–Crippen LogP) is 3.80. The average molecular weight is 226 g/mol. The predicted molar refractivity (Wildman–Crippen MR) is 65.2 cm³/mol. The Labute approximate surface area is 99.2 Å². The van der Waals surface area contributed by atoms with Crippen molar-refractivity contribution in [1.82, 2.24) is 0 Å². The van der Waals surface area contributed by atoms with E-state index >= 15 is 0 Å². The Kier molecular flexibility index (Phi) is 2.41. The molecule has 0 saturated carbocycles. The molecule has 0 radical (unpaired) electrons. The summed E-state index contributed by atoms with van der Waals surface area (Å²) in [5, 5.41) is 0. The molecule has 1 heterocycles. The van der Waals surface area contributed by atoms with E-state index in [1.807, 2.05) is 30.3 Å². The number of benzene rings is 2. The maximum atomic E-state index is 13.7. The Morgan fingerprint density at radius 2 is 1.71 bits per heavy atom. The van der Waals surface area contributed by atoms with E-state index < -0.39 is 0 Å². The van der Waals surface area contributed by atoms with Gasteiger partial charge in [0.15, 0.2) is 0 Å². The fourth-order valence-electron chi connectivity index (χ4n) is 2.03. The van der Waals surface area contributed by atoms with Gasteiger partial charge in [0.2, 0.25) is 0 Å². The third-order valence-corrected chi connectivity index (χ3v) is 2.90. The molecule has 3 rings (SSSR count). The van der Waals surface area contributed by atoms with Crippen molar-refractivity contribution < 1.29 is 9.13 Å². The highest BCUT2D eigenvalue weighted by molar-refractivity contribution is 5.70. The molecule has 1 aliphatic rings. The topological polar surface area (TPSA) is 9.23 Å². The van der Waals surface area contributed by atoms with Gasteiger partial charge in [-0.1, -0.05) is 36.4 Å². The fraction of sp³-hybridized carbons (Fsp3) is 0.0667. The van der Waals surface area contributed by atoms with E-state index in [4.69, 9.17) is 4.74 Å². The first kappa shape index (κ1) is 10.1. The number of para-hydroxylation sites is 1. The molecule has 0 unspecified atom stereocenters. The van der Waals surface area contributed by atoms with Crippen LogP contribution in [0.25, 0.3) is 5.57 Å². The molecule has 2 aromatic rings. The van der Waals surface area contributed by atoms with Crippen molar-refractivity contribution in [3.63, 3.8) is 0 Å². The molecule has 0 saturated heterocycles. The SMILES string of the molecule is Fc1ccccc1C1=COc2ccccc2C1. The lowest BCUT2D eigenvalue weighted by atomic mass is 9.97. The largest absolute Gasteiger partial charge is 0.464 e. The van der Waals surface area contributed by atoms with E-state index in [9.17, 15) is 4.39 Å². The van der Waals surface area contributed by atoms with Gasteiger partial charge in [-0.05, 0) is 17.7 Å². The number of hydrogen-bond donors (Lipinski definition) is 0. The molecule has 0 N–H and O–H groups in total. The van der Waals surface area contributed by atoms with E-state index in [-0.39, 0.29) is 5.82 Å². The lowest BCUT2D eigenvalue weighted by Gasteiger charge is -2.17. The standard InChI is InChI=1S/C15H11FO/c16-14-7-3-2-6-13(14)12-9-11-5-1-4-8-15(11)17-10-12/h1-8,10H,9H2. The molecule has 0 amide bonds. The van der Waals surface area contributed by atoms with Crippen LogP contribution < -0.4 is 4.74 Å². The minimum absolute atomic E-state index is 0.207. The van der Waals surface area contributed by atoms with Crippen LogP contribution >= 0.6 is 0 Å². The molecule has 1 nitrogen and oxygen atoms in total. The molecule has 0 spiro atoms. The number of hydrogen-bond acceptors (Lipinski definition) is 1. The Balaban J connectivity index is 1.99. The quantitative estimate of drug-likeness (QED) is 0.718. The summed E-state index contributed by atoms with van der Waals surface area (Å²) in [5.74, 6) is 0.648. The molecule has 0 fully saturated rings. The fourth-order valence-corrected chi connectivity index (χ4v) is 2.03. The van der Waals surface area contributed by atoms with Gasteiger partial charge in [0.05, 0.1) is 6.26 Å². The van der Waals surface area contributed by atoms with Crippen molar-refractivity contribution >= 4 is 5.57 Å². The maximum absolute atomic E-state index is 13.7. The van der Waals surface area contributed by atoms with Crippen LogP contribution in [0.1, 0.15) is 11.1 Å². The highest BCUT2D eigenvalue weighted by Crippen LogP contribution is 2.31. The molecule has 84 valence electrons. The Morgan fingerprint density at radius 3 is 2.59 bits per heavy atom. The summed E-state index contributed by atoms with van der Waals surface area (Å²) in [7, 11) is 0. The smallest absolute Gasteiger partial charge is 0.130 e. The zero-order chi connectivity index (χ0) is 11.7. The molecule has 0 bridgehead atoms. The van der Waals surface area contributed by atoms with Crippen molar-refractivity contribution in [2.24, 2.45) is 0 Å². The number of fused-ring (bicyclic) bond motifs is 1. The van der Waals surface area contributed by atoms with Crippen LogP contribution in [0.15, 0.2) is 54.8 Å². The lowest BCUT2D eigenvalue weighted by molar-refractivity contribution is 0.468. The third-order valence-electron chi connectivity index (χ3n) is 2.90. The van der Waals surface area contributed by atoms with E-state index in [1.54, 1.807) is 18.4 Å². The summed E-state index contributed by atoms with van der Waals surface area (Å²) >= 11 is 0. The van der Waals surface area contributed by atoms with Crippen LogP contribution in [0.4, 0.5) is 4.39 Å². The van der Waals surface area contributed by atoms with E-state index in [1.165, 1.54) is 6.07 Å². The Hall–Kier alpha value is -2.09. The highest BCUT2D eigenvalue weighted by Gasteiger charge is 2.15. The van der Waals surface area contributed by atoms with Gasteiger partial charge in [0, 0.05) is 17.6 Å². The zero-order valence-corrected chi connectivity index (χ0v) is 9.19. The first-order valence-electron chi connectivity index (χ1n) is 5.53. The molecule has 1 aliphatic heterocycles. The average Bonchev–Trinajstić information content (AvgIpc) is 2.39. The maximum Gasteiger partial charge on any atom is 0.130 e.